The summed E-state index contributed by atoms with van der Waals surface area (Å²) in [5.74, 6) is -1.90. The molecule has 2 unspecified atom stereocenters. The normalized spacial score (nSPS) is 25.0. The van der Waals surface area contributed by atoms with E-state index in [-0.39, 0.29) is 42.1 Å². The summed E-state index contributed by atoms with van der Waals surface area (Å²) >= 11 is 0. The van der Waals surface area contributed by atoms with Crippen molar-refractivity contribution in [3.05, 3.63) is 52.7 Å². The first kappa shape index (κ1) is 19.4. The molecule has 3 aliphatic rings. The maximum atomic E-state index is 12.6. The number of carboxylic acid groups (broad SMARTS) is 1. The molecule has 0 spiro atoms. The van der Waals surface area contributed by atoms with E-state index in [1.54, 1.807) is 6.08 Å². The standard InChI is InChI=1S/C23H25NO5/c1-3-23(2)16-7-4-5-8-17(16)24-12-11-19-15(21(23)24)13-14(22(28)29-19)18(25)9-6-10-20(26)27/h4-5,7-8,13,19H,3,6,9-12H2,1-2H3,(H,26,27). The van der Waals surface area contributed by atoms with Crippen LogP contribution in [0.25, 0.3) is 0 Å². The molecule has 3 heterocycles. The summed E-state index contributed by atoms with van der Waals surface area (Å²) in [5.41, 5.74) is 4.26. The van der Waals surface area contributed by atoms with Crippen LogP contribution in [0.1, 0.15) is 51.5 Å². The lowest BCUT2D eigenvalue weighted by molar-refractivity contribution is -0.145. The number of esters is 1. The van der Waals surface area contributed by atoms with Crippen LogP contribution in [0.3, 0.4) is 0 Å². The van der Waals surface area contributed by atoms with Crippen LogP contribution in [0.5, 0.6) is 0 Å². The molecule has 4 rings (SSSR count). The highest BCUT2D eigenvalue weighted by atomic mass is 16.5. The number of rotatable bonds is 6. The first-order valence-corrected chi connectivity index (χ1v) is 10.2. The van der Waals surface area contributed by atoms with Gasteiger partial charge in [0.15, 0.2) is 5.78 Å². The van der Waals surface area contributed by atoms with E-state index in [2.05, 4.69) is 30.9 Å². The molecule has 6 heteroatoms. The molecule has 0 amide bonds. The summed E-state index contributed by atoms with van der Waals surface area (Å²) in [6.45, 7) is 5.11. The van der Waals surface area contributed by atoms with Gasteiger partial charge in [-0.25, -0.2) is 4.79 Å². The second kappa shape index (κ2) is 7.17. The number of para-hydroxylation sites is 1. The smallest absolute Gasteiger partial charge is 0.342 e. The Morgan fingerprint density at radius 2 is 2.03 bits per heavy atom. The largest absolute Gasteiger partial charge is 0.481 e. The summed E-state index contributed by atoms with van der Waals surface area (Å²) in [7, 11) is 0. The zero-order valence-electron chi connectivity index (χ0n) is 16.7. The van der Waals surface area contributed by atoms with Gasteiger partial charge in [-0.15, -0.1) is 0 Å². The van der Waals surface area contributed by atoms with E-state index in [1.165, 1.54) is 11.3 Å². The molecule has 152 valence electrons. The van der Waals surface area contributed by atoms with Crippen LogP contribution in [0.2, 0.25) is 0 Å². The van der Waals surface area contributed by atoms with Gasteiger partial charge in [0.1, 0.15) is 11.7 Å². The number of hydrogen-bond acceptors (Lipinski definition) is 5. The van der Waals surface area contributed by atoms with E-state index < -0.39 is 11.9 Å². The number of benzene rings is 1. The van der Waals surface area contributed by atoms with Crippen LogP contribution in [0, 0.1) is 0 Å². The van der Waals surface area contributed by atoms with E-state index in [0.29, 0.717) is 6.42 Å². The second-order valence-corrected chi connectivity index (χ2v) is 8.07. The van der Waals surface area contributed by atoms with Gasteiger partial charge in [-0.1, -0.05) is 25.1 Å². The average Bonchev–Trinajstić information content (AvgIpc) is 2.97. The van der Waals surface area contributed by atoms with Crippen LogP contribution < -0.4 is 4.90 Å². The molecule has 0 saturated heterocycles. The fourth-order valence-electron chi connectivity index (χ4n) is 4.76. The number of nitrogens with zero attached hydrogens (tertiary/aromatic N) is 1. The quantitative estimate of drug-likeness (QED) is 0.586. The number of Topliss-reactive ketones (excluding diaryl/α,β-unsaturated/α-hetero) is 1. The highest BCUT2D eigenvalue weighted by Gasteiger charge is 2.48. The molecule has 0 aliphatic carbocycles. The number of carbonyl (C=O) groups excluding carboxylic acids is 2. The van der Waals surface area contributed by atoms with Crippen molar-refractivity contribution in [1.82, 2.24) is 0 Å². The molecule has 1 N–H and O–H groups in total. The van der Waals surface area contributed by atoms with Crippen molar-refractivity contribution >= 4 is 23.4 Å². The monoisotopic (exact) mass is 395 g/mol. The number of carbonyl (C=O) groups is 3. The Kier molecular flexibility index (Phi) is 4.81. The predicted molar refractivity (Wildman–Crippen MR) is 108 cm³/mol. The van der Waals surface area contributed by atoms with Crippen molar-refractivity contribution in [2.75, 3.05) is 11.4 Å². The van der Waals surface area contributed by atoms with Gasteiger partial charge in [-0.3, -0.25) is 9.59 Å². The Morgan fingerprint density at radius 3 is 2.76 bits per heavy atom. The van der Waals surface area contributed by atoms with E-state index >= 15 is 0 Å². The minimum atomic E-state index is -0.951. The molecule has 2 atom stereocenters. The zero-order valence-corrected chi connectivity index (χ0v) is 16.7. The van der Waals surface area contributed by atoms with E-state index in [0.717, 1.165) is 24.2 Å². The lowest BCUT2D eigenvalue weighted by Gasteiger charge is -2.39. The molecule has 29 heavy (non-hydrogen) atoms. The zero-order chi connectivity index (χ0) is 20.8. The van der Waals surface area contributed by atoms with Gasteiger partial charge < -0.3 is 14.7 Å². The molecule has 1 aromatic carbocycles. The van der Waals surface area contributed by atoms with Crippen molar-refractivity contribution in [3.63, 3.8) is 0 Å². The third-order valence-corrected chi connectivity index (χ3v) is 6.39. The minimum absolute atomic E-state index is 0.0233. The number of ketones is 1. The molecule has 0 bridgehead atoms. The topological polar surface area (TPSA) is 83.9 Å². The highest BCUT2D eigenvalue weighted by Crippen LogP contribution is 2.53. The Hall–Kier alpha value is -2.89. The van der Waals surface area contributed by atoms with Gasteiger partial charge in [-0.05, 0) is 37.5 Å². The van der Waals surface area contributed by atoms with E-state index in [1.807, 2.05) is 12.1 Å². The summed E-state index contributed by atoms with van der Waals surface area (Å²) < 4.78 is 5.67. The van der Waals surface area contributed by atoms with Crippen LogP contribution in [-0.2, 0) is 24.5 Å². The number of hydrogen-bond donors (Lipinski definition) is 1. The average molecular weight is 395 g/mol. The van der Waals surface area contributed by atoms with Crippen molar-refractivity contribution in [2.45, 2.75) is 57.5 Å². The number of carboxylic acids is 1. The van der Waals surface area contributed by atoms with Crippen molar-refractivity contribution in [3.8, 4) is 0 Å². The van der Waals surface area contributed by atoms with Gasteiger partial charge in [0.2, 0.25) is 0 Å². The van der Waals surface area contributed by atoms with Crippen molar-refractivity contribution < 1.29 is 24.2 Å². The van der Waals surface area contributed by atoms with Gasteiger partial charge in [0, 0.05) is 48.2 Å². The summed E-state index contributed by atoms with van der Waals surface area (Å²) in [5, 5.41) is 8.79. The van der Waals surface area contributed by atoms with Crippen LogP contribution >= 0.6 is 0 Å². The maximum Gasteiger partial charge on any atom is 0.342 e. The number of ether oxygens (including phenoxy) is 1. The summed E-state index contributed by atoms with van der Waals surface area (Å²) in [6.07, 6.45) is 3.06. The lowest BCUT2D eigenvalue weighted by atomic mass is 9.75. The lowest BCUT2D eigenvalue weighted by Crippen LogP contribution is -2.42. The Bertz CT molecular complexity index is 960. The molecule has 0 saturated carbocycles. The molecule has 0 radical (unpaired) electrons. The third kappa shape index (κ3) is 3.07. The fourth-order valence-corrected chi connectivity index (χ4v) is 4.76. The van der Waals surface area contributed by atoms with Gasteiger partial charge in [-0.2, -0.15) is 0 Å². The Morgan fingerprint density at radius 1 is 1.28 bits per heavy atom. The molecule has 0 fully saturated rings. The SMILES string of the molecule is CCC1(C)C2=C3C=C(C(=O)CCCC(=O)O)C(=O)OC3CCN2c2ccccc21. The number of aliphatic carboxylic acids is 1. The van der Waals surface area contributed by atoms with E-state index in [4.69, 9.17) is 9.84 Å². The Labute approximate surface area is 169 Å². The number of allylic oxidation sites excluding steroid dienone is 1. The Balaban J connectivity index is 1.77. The maximum absolute atomic E-state index is 12.6. The predicted octanol–water partition coefficient (Wildman–Crippen LogP) is 3.51. The number of fused-ring (bicyclic) bond motifs is 4. The molecule has 1 aromatic rings. The number of anilines is 1. The van der Waals surface area contributed by atoms with Crippen molar-refractivity contribution in [1.29, 1.82) is 0 Å². The molecule has 3 aliphatic heterocycles. The molecule has 6 nitrogen and oxygen atoms in total. The third-order valence-electron chi connectivity index (χ3n) is 6.39. The van der Waals surface area contributed by atoms with Crippen molar-refractivity contribution in [2.24, 2.45) is 0 Å². The fraction of sp³-hybridized carbons (Fsp3) is 0.435. The van der Waals surface area contributed by atoms with Crippen LogP contribution in [0.4, 0.5) is 5.69 Å². The first-order valence-electron chi connectivity index (χ1n) is 10.2. The molecular weight excluding hydrogens is 370 g/mol. The first-order chi connectivity index (χ1) is 13.9. The van der Waals surface area contributed by atoms with Crippen LogP contribution in [-0.4, -0.2) is 35.5 Å². The van der Waals surface area contributed by atoms with Gasteiger partial charge in [0.25, 0.3) is 0 Å². The second-order valence-electron chi connectivity index (χ2n) is 8.07. The highest BCUT2D eigenvalue weighted by molar-refractivity contribution is 6.18. The summed E-state index contributed by atoms with van der Waals surface area (Å²) in [6, 6.07) is 8.34. The van der Waals surface area contributed by atoms with Gasteiger partial charge >= 0.3 is 11.9 Å². The van der Waals surface area contributed by atoms with Gasteiger partial charge in [0.05, 0.1) is 0 Å². The van der Waals surface area contributed by atoms with E-state index in [9.17, 15) is 14.4 Å². The molecular formula is C23H25NO5. The minimum Gasteiger partial charge on any atom is -0.481 e. The van der Waals surface area contributed by atoms with Crippen LogP contribution in [0.15, 0.2) is 47.2 Å². The molecule has 0 aromatic heterocycles. The summed E-state index contributed by atoms with van der Waals surface area (Å²) in [4.78, 5) is 38.1.